The molecule has 3 aromatic rings. The van der Waals surface area contributed by atoms with Gasteiger partial charge in [0.25, 0.3) is 5.91 Å². The number of benzene rings is 2. The van der Waals surface area contributed by atoms with Crippen molar-refractivity contribution in [2.75, 3.05) is 7.11 Å². The molecule has 138 valence electrons. The lowest BCUT2D eigenvalue weighted by Gasteiger charge is -2.19. The van der Waals surface area contributed by atoms with Gasteiger partial charge in [-0.05, 0) is 17.7 Å². The van der Waals surface area contributed by atoms with Crippen LogP contribution in [0.25, 0.3) is 10.9 Å². The molecule has 0 spiro atoms. The van der Waals surface area contributed by atoms with Crippen molar-refractivity contribution in [1.29, 1.82) is 0 Å². The maximum atomic E-state index is 12.6. The van der Waals surface area contributed by atoms with Crippen molar-refractivity contribution in [2.45, 2.75) is 18.6 Å². The number of ether oxygens (including phenoxy) is 1. The van der Waals surface area contributed by atoms with Gasteiger partial charge in [-0.3, -0.25) is 9.78 Å². The zero-order valence-corrected chi connectivity index (χ0v) is 14.8. The SMILES string of the molecule is CO[C@@H](C(=O)N[C@H](Cc1ccc2ccccc2n1)C(=O)O)c1ccccc1. The minimum Gasteiger partial charge on any atom is -0.480 e. The van der Waals surface area contributed by atoms with E-state index in [-0.39, 0.29) is 6.42 Å². The maximum Gasteiger partial charge on any atom is 0.326 e. The van der Waals surface area contributed by atoms with E-state index in [1.165, 1.54) is 7.11 Å². The first kappa shape index (κ1) is 18.5. The van der Waals surface area contributed by atoms with Gasteiger partial charge < -0.3 is 15.2 Å². The third-order valence-electron chi connectivity index (χ3n) is 4.26. The Hall–Kier alpha value is -3.25. The van der Waals surface area contributed by atoms with Crippen molar-refractivity contribution < 1.29 is 19.4 Å². The summed E-state index contributed by atoms with van der Waals surface area (Å²) in [6, 6.07) is 19.1. The van der Waals surface area contributed by atoms with Crippen LogP contribution in [0.3, 0.4) is 0 Å². The van der Waals surface area contributed by atoms with Gasteiger partial charge in [-0.15, -0.1) is 0 Å². The lowest BCUT2D eigenvalue weighted by molar-refractivity contribution is -0.144. The number of pyridine rings is 1. The number of carbonyl (C=O) groups excluding carboxylic acids is 1. The van der Waals surface area contributed by atoms with E-state index in [9.17, 15) is 14.7 Å². The minimum atomic E-state index is -1.12. The highest BCUT2D eigenvalue weighted by Gasteiger charge is 2.26. The number of nitrogens with zero attached hydrogens (tertiary/aromatic N) is 1. The van der Waals surface area contributed by atoms with Crippen molar-refractivity contribution in [3.05, 3.63) is 78.0 Å². The Bertz CT molecular complexity index is 943. The summed E-state index contributed by atoms with van der Waals surface area (Å²) in [6.45, 7) is 0. The largest absolute Gasteiger partial charge is 0.480 e. The van der Waals surface area contributed by atoms with Gasteiger partial charge in [0.2, 0.25) is 0 Å². The molecule has 2 N–H and O–H groups in total. The predicted octanol–water partition coefficient (Wildman–Crippen LogP) is 2.73. The standard InChI is InChI=1S/C21H20N2O4/c1-27-19(15-8-3-2-4-9-15)20(24)23-18(21(25)26)13-16-12-11-14-7-5-6-10-17(14)22-16/h2-12,18-19H,13H2,1H3,(H,23,24)(H,25,26)/t18-,19-/m1/s1. The molecular formula is C21H20N2O4. The Morgan fingerprint density at radius 1 is 1.04 bits per heavy atom. The summed E-state index contributed by atoms with van der Waals surface area (Å²) in [7, 11) is 1.41. The number of nitrogens with one attached hydrogen (secondary N) is 1. The molecular weight excluding hydrogens is 344 g/mol. The fourth-order valence-corrected chi connectivity index (χ4v) is 2.90. The van der Waals surface area contributed by atoms with Crippen molar-refractivity contribution in [1.82, 2.24) is 10.3 Å². The highest BCUT2D eigenvalue weighted by Crippen LogP contribution is 2.17. The molecule has 2 atom stereocenters. The molecule has 6 nitrogen and oxygen atoms in total. The van der Waals surface area contributed by atoms with E-state index in [1.54, 1.807) is 30.3 Å². The number of hydrogen-bond donors (Lipinski definition) is 2. The van der Waals surface area contributed by atoms with Crippen LogP contribution in [-0.2, 0) is 20.7 Å². The van der Waals surface area contributed by atoms with Crippen LogP contribution in [-0.4, -0.2) is 35.1 Å². The van der Waals surface area contributed by atoms with E-state index >= 15 is 0 Å². The fraction of sp³-hybridized carbons (Fsp3) is 0.190. The molecule has 2 aromatic carbocycles. The number of hydrogen-bond acceptors (Lipinski definition) is 4. The average molecular weight is 364 g/mol. The van der Waals surface area contributed by atoms with Gasteiger partial charge in [-0.2, -0.15) is 0 Å². The number of amides is 1. The summed E-state index contributed by atoms with van der Waals surface area (Å²) in [6.07, 6.45) is -0.797. The van der Waals surface area contributed by atoms with Crippen molar-refractivity contribution in [3.63, 3.8) is 0 Å². The Balaban J connectivity index is 1.76. The Morgan fingerprint density at radius 3 is 2.44 bits per heavy atom. The molecule has 27 heavy (non-hydrogen) atoms. The summed E-state index contributed by atoms with van der Waals surface area (Å²) < 4.78 is 5.27. The third kappa shape index (κ3) is 4.48. The van der Waals surface area contributed by atoms with E-state index in [1.807, 2.05) is 36.4 Å². The summed E-state index contributed by atoms with van der Waals surface area (Å²) in [5.41, 5.74) is 2.03. The second-order valence-electron chi connectivity index (χ2n) is 6.13. The number of fused-ring (bicyclic) bond motifs is 1. The number of aromatic nitrogens is 1. The molecule has 1 heterocycles. The summed E-state index contributed by atoms with van der Waals surface area (Å²) >= 11 is 0. The van der Waals surface area contributed by atoms with Crippen LogP contribution in [0.1, 0.15) is 17.4 Å². The molecule has 1 aromatic heterocycles. The number of carboxylic acid groups (broad SMARTS) is 1. The molecule has 0 aliphatic rings. The van der Waals surface area contributed by atoms with Crippen LogP contribution in [0, 0.1) is 0 Å². The molecule has 0 radical (unpaired) electrons. The van der Waals surface area contributed by atoms with Crippen LogP contribution in [0.4, 0.5) is 0 Å². The molecule has 1 amide bonds. The van der Waals surface area contributed by atoms with Gasteiger partial charge in [-0.1, -0.05) is 54.6 Å². The van der Waals surface area contributed by atoms with Crippen LogP contribution < -0.4 is 5.32 Å². The van der Waals surface area contributed by atoms with Crippen LogP contribution in [0.5, 0.6) is 0 Å². The molecule has 0 aliphatic heterocycles. The molecule has 0 saturated heterocycles. The molecule has 0 unspecified atom stereocenters. The maximum absolute atomic E-state index is 12.6. The number of methoxy groups -OCH3 is 1. The zero-order chi connectivity index (χ0) is 19.2. The molecule has 0 fully saturated rings. The molecule has 0 aliphatic carbocycles. The second-order valence-corrected chi connectivity index (χ2v) is 6.13. The first-order valence-corrected chi connectivity index (χ1v) is 8.54. The molecule has 0 bridgehead atoms. The van der Waals surface area contributed by atoms with Crippen molar-refractivity contribution >= 4 is 22.8 Å². The monoisotopic (exact) mass is 364 g/mol. The predicted molar refractivity (Wildman–Crippen MR) is 101 cm³/mol. The van der Waals surface area contributed by atoms with Crippen LogP contribution in [0.15, 0.2) is 66.7 Å². The van der Waals surface area contributed by atoms with E-state index in [2.05, 4.69) is 10.3 Å². The van der Waals surface area contributed by atoms with Crippen LogP contribution >= 0.6 is 0 Å². The van der Waals surface area contributed by atoms with E-state index in [0.29, 0.717) is 11.3 Å². The first-order chi connectivity index (χ1) is 13.1. The smallest absolute Gasteiger partial charge is 0.326 e. The lowest BCUT2D eigenvalue weighted by Crippen LogP contribution is -2.44. The summed E-state index contributed by atoms with van der Waals surface area (Å²) in [4.78, 5) is 28.7. The normalized spacial score (nSPS) is 13.1. The number of carboxylic acids is 1. The van der Waals surface area contributed by atoms with Crippen molar-refractivity contribution in [3.8, 4) is 0 Å². The Morgan fingerprint density at radius 2 is 1.74 bits per heavy atom. The van der Waals surface area contributed by atoms with Gasteiger partial charge in [0, 0.05) is 24.6 Å². The topological polar surface area (TPSA) is 88.5 Å². The van der Waals surface area contributed by atoms with E-state index in [4.69, 9.17) is 4.74 Å². The molecule has 6 heteroatoms. The van der Waals surface area contributed by atoms with Gasteiger partial charge in [0.15, 0.2) is 6.10 Å². The lowest BCUT2D eigenvalue weighted by atomic mass is 10.1. The van der Waals surface area contributed by atoms with E-state index < -0.39 is 24.0 Å². The van der Waals surface area contributed by atoms with Gasteiger partial charge >= 0.3 is 5.97 Å². The van der Waals surface area contributed by atoms with Crippen molar-refractivity contribution in [2.24, 2.45) is 0 Å². The average Bonchev–Trinajstić information content (AvgIpc) is 2.68. The minimum absolute atomic E-state index is 0.0805. The summed E-state index contributed by atoms with van der Waals surface area (Å²) in [5.74, 6) is -1.63. The Kier molecular flexibility index (Phi) is 5.78. The summed E-state index contributed by atoms with van der Waals surface area (Å²) in [5, 5.41) is 13.1. The van der Waals surface area contributed by atoms with Gasteiger partial charge in [0.05, 0.1) is 5.52 Å². The highest BCUT2D eigenvalue weighted by atomic mass is 16.5. The van der Waals surface area contributed by atoms with Gasteiger partial charge in [0.1, 0.15) is 6.04 Å². The number of rotatable bonds is 7. The molecule has 3 rings (SSSR count). The highest BCUT2D eigenvalue weighted by molar-refractivity contribution is 5.87. The molecule has 0 saturated carbocycles. The van der Waals surface area contributed by atoms with Gasteiger partial charge in [-0.25, -0.2) is 4.79 Å². The Labute approximate surface area is 156 Å². The number of para-hydroxylation sites is 1. The quantitative estimate of drug-likeness (QED) is 0.673. The first-order valence-electron chi connectivity index (χ1n) is 8.54. The zero-order valence-electron chi connectivity index (χ0n) is 14.8. The number of carbonyl (C=O) groups is 2. The fourth-order valence-electron chi connectivity index (χ4n) is 2.90. The number of aliphatic carboxylic acids is 1. The third-order valence-corrected chi connectivity index (χ3v) is 4.26. The second kappa shape index (κ2) is 8.42. The van der Waals surface area contributed by atoms with E-state index in [0.717, 1.165) is 10.9 Å². The van der Waals surface area contributed by atoms with Crippen LogP contribution in [0.2, 0.25) is 0 Å².